The highest BCUT2D eigenvalue weighted by molar-refractivity contribution is 8.18. The van der Waals surface area contributed by atoms with E-state index in [9.17, 15) is 14.4 Å². The third-order valence-corrected chi connectivity index (χ3v) is 6.27. The lowest BCUT2D eigenvalue weighted by molar-refractivity contribution is -0.123. The van der Waals surface area contributed by atoms with E-state index in [1.165, 1.54) is 12.0 Å². The number of benzene rings is 3. The van der Waals surface area contributed by atoms with E-state index in [4.69, 9.17) is 14.2 Å². The Morgan fingerprint density at radius 1 is 0.946 bits per heavy atom. The molecule has 0 atom stereocenters. The second-order valence-electron chi connectivity index (χ2n) is 7.93. The number of nitrogens with zero attached hydrogens (tertiary/aromatic N) is 1. The molecule has 37 heavy (non-hydrogen) atoms. The van der Waals surface area contributed by atoms with Gasteiger partial charge in [-0.15, -0.1) is 0 Å². The maximum atomic E-state index is 12.8. The third kappa shape index (κ3) is 6.50. The van der Waals surface area contributed by atoms with Gasteiger partial charge in [0.2, 0.25) is 0 Å². The summed E-state index contributed by atoms with van der Waals surface area (Å²) in [7, 11) is 1.48. The van der Waals surface area contributed by atoms with Gasteiger partial charge >= 0.3 is 0 Å². The van der Waals surface area contributed by atoms with Gasteiger partial charge < -0.3 is 19.5 Å². The topological polar surface area (TPSA) is 94.2 Å². The van der Waals surface area contributed by atoms with Crippen LogP contribution in [0.5, 0.6) is 17.2 Å². The monoisotopic (exact) mass is 518 g/mol. The molecular weight excluding hydrogens is 492 g/mol. The van der Waals surface area contributed by atoms with Gasteiger partial charge in [0.25, 0.3) is 17.1 Å². The van der Waals surface area contributed by atoms with E-state index in [0.717, 1.165) is 17.3 Å². The Morgan fingerprint density at radius 2 is 1.70 bits per heavy atom. The Morgan fingerprint density at radius 3 is 2.46 bits per heavy atom. The summed E-state index contributed by atoms with van der Waals surface area (Å²) in [4.78, 5) is 39.3. The van der Waals surface area contributed by atoms with E-state index in [-0.39, 0.29) is 30.2 Å². The highest BCUT2D eigenvalue weighted by atomic mass is 32.2. The van der Waals surface area contributed by atoms with Crippen molar-refractivity contribution < 1.29 is 28.6 Å². The number of hydrogen-bond acceptors (Lipinski definition) is 7. The smallest absolute Gasteiger partial charge is 0.293 e. The zero-order chi connectivity index (χ0) is 26.2. The lowest BCUT2D eigenvalue weighted by atomic mass is 10.1. The predicted octanol–water partition coefficient (Wildman–Crippen LogP) is 5.35. The van der Waals surface area contributed by atoms with Crippen LogP contribution in [0.1, 0.15) is 18.1 Å². The van der Waals surface area contributed by atoms with E-state index in [0.29, 0.717) is 40.0 Å². The number of para-hydroxylation sites is 2. The van der Waals surface area contributed by atoms with Crippen molar-refractivity contribution in [2.45, 2.75) is 13.5 Å². The zero-order valence-electron chi connectivity index (χ0n) is 20.4. The number of carbonyl (C=O) groups is 3. The standard InChI is InChI=1S/C28H26N2O6S/c1-3-35-22-12-8-7-11-21(22)29-26(31)18-36-23-14-13-20(15-24(23)34-2)16-25-27(32)30(28(33)37-25)17-19-9-5-4-6-10-19/h4-16H,3,17-18H2,1-2H3,(H,29,31)/b25-16+. The van der Waals surface area contributed by atoms with Crippen molar-refractivity contribution in [2.24, 2.45) is 0 Å². The first kappa shape index (κ1) is 25.8. The number of imide groups is 1. The molecule has 0 unspecified atom stereocenters. The highest BCUT2D eigenvalue weighted by Gasteiger charge is 2.35. The predicted molar refractivity (Wildman–Crippen MR) is 143 cm³/mol. The number of hydrogen-bond donors (Lipinski definition) is 1. The Balaban J connectivity index is 1.41. The van der Waals surface area contributed by atoms with Crippen LogP contribution >= 0.6 is 11.8 Å². The molecule has 0 aliphatic carbocycles. The molecule has 3 aromatic rings. The van der Waals surface area contributed by atoms with Crippen molar-refractivity contribution in [3.05, 3.63) is 88.8 Å². The summed E-state index contributed by atoms with van der Waals surface area (Å²) in [6.07, 6.45) is 1.64. The average molecular weight is 519 g/mol. The number of ether oxygens (including phenoxy) is 3. The fraction of sp³-hybridized carbons (Fsp3) is 0.179. The number of methoxy groups -OCH3 is 1. The van der Waals surface area contributed by atoms with Gasteiger partial charge in [-0.2, -0.15) is 0 Å². The average Bonchev–Trinajstić information content (AvgIpc) is 3.17. The molecule has 0 aromatic heterocycles. The molecule has 0 bridgehead atoms. The summed E-state index contributed by atoms with van der Waals surface area (Å²) in [5.41, 5.74) is 2.09. The van der Waals surface area contributed by atoms with Gasteiger partial charge in [0.05, 0.1) is 30.9 Å². The first-order valence-corrected chi connectivity index (χ1v) is 12.4. The molecule has 1 fully saturated rings. The molecule has 9 heteroatoms. The fourth-order valence-electron chi connectivity index (χ4n) is 3.63. The van der Waals surface area contributed by atoms with Crippen LogP contribution in [-0.4, -0.2) is 42.3 Å². The van der Waals surface area contributed by atoms with Gasteiger partial charge in [0.15, 0.2) is 18.1 Å². The van der Waals surface area contributed by atoms with Crippen molar-refractivity contribution in [3.8, 4) is 17.2 Å². The van der Waals surface area contributed by atoms with Crippen LogP contribution < -0.4 is 19.5 Å². The van der Waals surface area contributed by atoms with Crippen LogP contribution in [0.15, 0.2) is 77.7 Å². The summed E-state index contributed by atoms with van der Waals surface area (Å²) in [5, 5.41) is 2.46. The van der Waals surface area contributed by atoms with E-state index in [1.54, 1.807) is 42.5 Å². The van der Waals surface area contributed by atoms with E-state index in [2.05, 4.69) is 5.32 Å². The molecular formula is C28H26N2O6S. The number of nitrogens with one attached hydrogen (secondary N) is 1. The number of carbonyl (C=O) groups excluding carboxylic acids is 3. The van der Waals surface area contributed by atoms with Crippen LogP contribution in [-0.2, 0) is 16.1 Å². The Labute approximate surface area is 219 Å². The lowest BCUT2D eigenvalue weighted by Crippen LogP contribution is -2.27. The molecule has 1 aliphatic rings. The summed E-state index contributed by atoms with van der Waals surface area (Å²) >= 11 is 0.896. The molecule has 0 saturated carbocycles. The maximum Gasteiger partial charge on any atom is 0.293 e. The molecule has 190 valence electrons. The van der Waals surface area contributed by atoms with Crippen molar-refractivity contribution in [1.82, 2.24) is 4.90 Å². The maximum absolute atomic E-state index is 12.8. The lowest BCUT2D eigenvalue weighted by Gasteiger charge is -2.13. The van der Waals surface area contributed by atoms with Crippen molar-refractivity contribution in [1.29, 1.82) is 0 Å². The Kier molecular flexibility index (Phi) is 8.48. The van der Waals surface area contributed by atoms with Crippen LogP contribution in [0, 0.1) is 0 Å². The molecule has 4 rings (SSSR count). The number of rotatable bonds is 10. The highest BCUT2D eigenvalue weighted by Crippen LogP contribution is 2.35. The number of thioether (sulfide) groups is 1. The molecule has 1 aliphatic heterocycles. The van der Waals surface area contributed by atoms with Gasteiger partial charge in [-0.05, 0) is 60.2 Å². The molecule has 0 spiro atoms. The van der Waals surface area contributed by atoms with E-state index >= 15 is 0 Å². The molecule has 8 nitrogen and oxygen atoms in total. The Bertz CT molecular complexity index is 1330. The number of amides is 3. The molecule has 1 heterocycles. The minimum Gasteiger partial charge on any atom is -0.493 e. The Hall–Kier alpha value is -4.24. The van der Waals surface area contributed by atoms with Gasteiger partial charge in [-0.25, -0.2) is 0 Å². The normalized spacial score (nSPS) is 14.1. The van der Waals surface area contributed by atoms with Crippen LogP contribution in [0.4, 0.5) is 10.5 Å². The minimum absolute atomic E-state index is 0.218. The van der Waals surface area contributed by atoms with Gasteiger partial charge in [-0.1, -0.05) is 48.5 Å². The van der Waals surface area contributed by atoms with Gasteiger partial charge in [0, 0.05) is 0 Å². The fourth-order valence-corrected chi connectivity index (χ4v) is 4.47. The zero-order valence-corrected chi connectivity index (χ0v) is 21.2. The van der Waals surface area contributed by atoms with Gasteiger partial charge in [-0.3, -0.25) is 19.3 Å². The quantitative estimate of drug-likeness (QED) is 0.362. The molecule has 0 radical (unpaired) electrons. The van der Waals surface area contributed by atoms with Crippen molar-refractivity contribution in [2.75, 3.05) is 25.6 Å². The first-order valence-electron chi connectivity index (χ1n) is 11.6. The summed E-state index contributed by atoms with van der Waals surface area (Å²) in [6, 6.07) is 21.6. The van der Waals surface area contributed by atoms with Gasteiger partial charge in [0.1, 0.15) is 5.75 Å². The SMILES string of the molecule is CCOc1ccccc1NC(=O)COc1ccc(/C=C2/SC(=O)N(Cc3ccccc3)C2=O)cc1OC. The van der Waals surface area contributed by atoms with E-state index < -0.39 is 0 Å². The van der Waals surface area contributed by atoms with Crippen molar-refractivity contribution in [3.63, 3.8) is 0 Å². The largest absolute Gasteiger partial charge is 0.493 e. The molecule has 3 aromatic carbocycles. The van der Waals surface area contributed by atoms with Crippen LogP contribution in [0.2, 0.25) is 0 Å². The van der Waals surface area contributed by atoms with E-state index in [1.807, 2.05) is 43.3 Å². The third-order valence-electron chi connectivity index (χ3n) is 5.36. The van der Waals surface area contributed by atoms with Crippen LogP contribution in [0.25, 0.3) is 6.08 Å². The number of anilines is 1. The summed E-state index contributed by atoms with van der Waals surface area (Å²) in [5.74, 6) is 0.630. The van der Waals surface area contributed by atoms with Crippen molar-refractivity contribution >= 4 is 40.6 Å². The second-order valence-corrected chi connectivity index (χ2v) is 8.92. The summed E-state index contributed by atoms with van der Waals surface area (Å²) < 4.78 is 16.6. The molecule has 3 amide bonds. The first-order chi connectivity index (χ1) is 18.0. The molecule has 1 saturated heterocycles. The van der Waals surface area contributed by atoms with Crippen LogP contribution in [0.3, 0.4) is 0 Å². The summed E-state index contributed by atoms with van der Waals surface area (Å²) in [6.45, 7) is 2.32. The molecule has 1 N–H and O–H groups in total. The minimum atomic E-state index is -0.356. The second kappa shape index (κ2) is 12.1.